The normalized spacial score (nSPS) is 35.5. The monoisotopic (exact) mass is 308 g/mol. The molecule has 0 saturated heterocycles. The molecule has 2 amide bonds. The third-order valence-electron chi connectivity index (χ3n) is 6.00. The Labute approximate surface area is 132 Å². The predicted molar refractivity (Wildman–Crippen MR) is 83.0 cm³/mol. The van der Waals surface area contributed by atoms with Crippen LogP contribution in [0.2, 0.25) is 0 Å². The predicted octanol–water partition coefficient (Wildman–Crippen LogP) is 1.16. The average Bonchev–Trinajstić information content (AvgIpc) is 2.43. The lowest BCUT2D eigenvalue weighted by molar-refractivity contribution is -0.135. The second kappa shape index (κ2) is 6.19. The summed E-state index contributed by atoms with van der Waals surface area (Å²) in [7, 11) is 1.64. The second-order valence-corrected chi connectivity index (χ2v) is 7.91. The lowest BCUT2D eigenvalue weighted by Crippen LogP contribution is -2.48. The molecule has 4 aliphatic carbocycles. The Morgan fingerprint density at radius 2 is 1.68 bits per heavy atom. The van der Waals surface area contributed by atoms with Crippen LogP contribution in [0.25, 0.3) is 0 Å². The molecule has 0 aromatic heterocycles. The van der Waals surface area contributed by atoms with Crippen LogP contribution < -0.4 is 5.32 Å². The van der Waals surface area contributed by atoms with E-state index in [1.807, 2.05) is 0 Å². The van der Waals surface area contributed by atoms with E-state index in [0.717, 1.165) is 17.8 Å². The van der Waals surface area contributed by atoms with E-state index in [2.05, 4.69) is 5.32 Å². The van der Waals surface area contributed by atoms with Gasteiger partial charge in [-0.3, -0.25) is 9.59 Å². The molecule has 0 unspecified atom stereocenters. The van der Waals surface area contributed by atoms with Gasteiger partial charge < -0.3 is 15.3 Å². The molecular formula is C17H28N2O3. The number of hydrogen-bond acceptors (Lipinski definition) is 3. The molecule has 22 heavy (non-hydrogen) atoms. The fraction of sp³-hybridized carbons (Fsp3) is 0.882. The summed E-state index contributed by atoms with van der Waals surface area (Å²) in [4.78, 5) is 25.5. The third-order valence-corrected chi connectivity index (χ3v) is 6.00. The molecule has 4 saturated carbocycles. The lowest BCUT2D eigenvalue weighted by Gasteiger charge is -2.56. The van der Waals surface area contributed by atoms with Gasteiger partial charge in [-0.05, 0) is 61.7 Å². The zero-order valence-electron chi connectivity index (χ0n) is 13.5. The number of aliphatic hydroxyl groups is 1. The van der Waals surface area contributed by atoms with E-state index in [4.69, 9.17) is 5.11 Å². The fourth-order valence-corrected chi connectivity index (χ4v) is 5.49. The van der Waals surface area contributed by atoms with Gasteiger partial charge in [0.2, 0.25) is 11.8 Å². The maximum atomic E-state index is 12.3. The van der Waals surface area contributed by atoms with E-state index < -0.39 is 0 Å². The highest BCUT2D eigenvalue weighted by atomic mass is 16.3. The van der Waals surface area contributed by atoms with Crippen molar-refractivity contribution in [2.75, 3.05) is 26.7 Å². The molecule has 0 aromatic rings. The van der Waals surface area contributed by atoms with Crippen molar-refractivity contribution < 1.29 is 14.7 Å². The first-order valence-electron chi connectivity index (χ1n) is 8.61. The number of hydrogen-bond donors (Lipinski definition) is 2. The smallest absolute Gasteiger partial charge is 0.241 e. The van der Waals surface area contributed by atoms with Crippen molar-refractivity contribution in [3.05, 3.63) is 0 Å². The van der Waals surface area contributed by atoms with E-state index in [1.54, 1.807) is 7.05 Å². The van der Waals surface area contributed by atoms with Crippen LogP contribution in [0.1, 0.15) is 44.9 Å². The van der Waals surface area contributed by atoms with E-state index in [9.17, 15) is 9.59 Å². The maximum Gasteiger partial charge on any atom is 0.241 e. The molecule has 4 fully saturated rings. The van der Waals surface area contributed by atoms with Crippen LogP contribution in [-0.4, -0.2) is 48.6 Å². The van der Waals surface area contributed by atoms with Gasteiger partial charge in [-0.25, -0.2) is 0 Å². The Morgan fingerprint density at radius 3 is 2.18 bits per heavy atom. The molecule has 0 aromatic carbocycles. The van der Waals surface area contributed by atoms with Crippen LogP contribution in [-0.2, 0) is 9.59 Å². The van der Waals surface area contributed by atoms with Gasteiger partial charge in [-0.15, -0.1) is 0 Å². The summed E-state index contributed by atoms with van der Waals surface area (Å²) >= 11 is 0. The van der Waals surface area contributed by atoms with Crippen LogP contribution in [0.15, 0.2) is 0 Å². The first-order valence-corrected chi connectivity index (χ1v) is 8.61. The molecule has 4 aliphatic rings. The number of carbonyl (C=O) groups is 2. The molecule has 0 spiro atoms. The van der Waals surface area contributed by atoms with Crippen molar-refractivity contribution in [1.82, 2.24) is 10.2 Å². The number of nitrogens with zero attached hydrogens (tertiary/aromatic N) is 1. The van der Waals surface area contributed by atoms with Gasteiger partial charge in [0.15, 0.2) is 0 Å². The third kappa shape index (κ3) is 3.29. The van der Waals surface area contributed by atoms with Gasteiger partial charge in [0.25, 0.3) is 0 Å². The first kappa shape index (κ1) is 15.8. The minimum Gasteiger partial charge on any atom is -0.395 e. The number of likely N-dealkylation sites (N-methyl/N-ethyl adjacent to an activating group) is 1. The van der Waals surface area contributed by atoms with E-state index in [-0.39, 0.29) is 30.4 Å². The molecule has 124 valence electrons. The molecule has 0 heterocycles. The van der Waals surface area contributed by atoms with Gasteiger partial charge in [-0.1, -0.05) is 0 Å². The Kier molecular flexibility index (Phi) is 4.44. The number of amides is 2. The van der Waals surface area contributed by atoms with Crippen molar-refractivity contribution >= 4 is 11.8 Å². The van der Waals surface area contributed by atoms with Crippen LogP contribution in [0, 0.1) is 23.2 Å². The second-order valence-electron chi connectivity index (χ2n) is 7.91. The summed E-state index contributed by atoms with van der Waals surface area (Å²) in [6, 6.07) is 0. The van der Waals surface area contributed by atoms with Crippen LogP contribution >= 0.6 is 0 Å². The molecule has 5 nitrogen and oxygen atoms in total. The minimum absolute atomic E-state index is 0.0210. The summed E-state index contributed by atoms with van der Waals surface area (Å²) in [5.41, 5.74) is 0.221. The Morgan fingerprint density at radius 1 is 1.14 bits per heavy atom. The Bertz CT molecular complexity index is 414. The molecule has 4 rings (SSSR count). The van der Waals surface area contributed by atoms with Gasteiger partial charge in [0.05, 0.1) is 13.2 Å². The molecule has 0 atom stereocenters. The zero-order chi connectivity index (χ0) is 15.7. The minimum atomic E-state index is -0.145. The van der Waals surface area contributed by atoms with Gasteiger partial charge in [-0.2, -0.15) is 0 Å². The molecule has 2 N–H and O–H groups in total. The summed E-state index contributed by atoms with van der Waals surface area (Å²) in [6.45, 7) is 0.300. The lowest BCUT2D eigenvalue weighted by atomic mass is 9.49. The number of carbonyl (C=O) groups excluding carboxylic acids is 2. The topological polar surface area (TPSA) is 69.6 Å². The van der Waals surface area contributed by atoms with Gasteiger partial charge in [0, 0.05) is 20.0 Å². The summed E-state index contributed by atoms with van der Waals surface area (Å²) in [5, 5.41) is 11.6. The van der Waals surface area contributed by atoms with E-state index in [0.29, 0.717) is 13.0 Å². The van der Waals surface area contributed by atoms with Crippen LogP contribution in [0.4, 0.5) is 0 Å². The Balaban J connectivity index is 1.49. The number of rotatable bonds is 6. The molecule has 4 bridgehead atoms. The highest BCUT2D eigenvalue weighted by Gasteiger charge is 2.51. The summed E-state index contributed by atoms with van der Waals surface area (Å²) in [5.74, 6) is 2.41. The quantitative estimate of drug-likeness (QED) is 0.773. The zero-order valence-corrected chi connectivity index (χ0v) is 13.5. The van der Waals surface area contributed by atoms with Gasteiger partial charge in [0.1, 0.15) is 0 Å². The average molecular weight is 308 g/mol. The van der Waals surface area contributed by atoms with Crippen LogP contribution in [0.5, 0.6) is 0 Å². The Hall–Kier alpha value is -1.10. The van der Waals surface area contributed by atoms with Crippen molar-refractivity contribution in [3.8, 4) is 0 Å². The molecule has 0 radical (unpaired) electrons. The molecular weight excluding hydrogens is 280 g/mol. The fourth-order valence-electron chi connectivity index (χ4n) is 5.49. The highest BCUT2D eigenvalue weighted by molar-refractivity contribution is 5.84. The standard InChI is InChI=1S/C17H28N2O3/c1-19(2-3-20)16(22)11-18-15(21)10-17-7-12-4-13(8-17)6-14(5-12)9-17/h12-14,20H,2-11H2,1H3,(H,18,21). The number of nitrogens with one attached hydrogen (secondary N) is 1. The number of aliphatic hydroxyl groups excluding tert-OH is 1. The largest absolute Gasteiger partial charge is 0.395 e. The van der Waals surface area contributed by atoms with Crippen molar-refractivity contribution in [3.63, 3.8) is 0 Å². The first-order chi connectivity index (χ1) is 10.5. The van der Waals surface area contributed by atoms with Crippen molar-refractivity contribution in [2.24, 2.45) is 23.2 Å². The van der Waals surface area contributed by atoms with Crippen molar-refractivity contribution in [2.45, 2.75) is 44.9 Å². The van der Waals surface area contributed by atoms with Gasteiger partial charge >= 0.3 is 0 Å². The van der Waals surface area contributed by atoms with Crippen LogP contribution in [0.3, 0.4) is 0 Å². The SMILES string of the molecule is CN(CCO)C(=O)CNC(=O)CC12CC3CC(CC(C3)C1)C2. The maximum absolute atomic E-state index is 12.3. The molecule has 5 heteroatoms. The highest BCUT2D eigenvalue weighted by Crippen LogP contribution is 2.61. The van der Waals surface area contributed by atoms with E-state index >= 15 is 0 Å². The summed E-state index contributed by atoms with van der Waals surface area (Å²) in [6.07, 6.45) is 8.37. The summed E-state index contributed by atoms with van der Waals surface area (Å²) < 4.78 is 0. The van der Waals surface area contributed by atoms with Crippen molar-refractivity contribution in [1.29, 1.82) is 0 Å². The van der Waals surface area contributed by atoms with E-state index in [1.165, 1.54) is 43.4 Å². The molecule has 0 aliphatic heterocycles.